The summed E-state index contributed by atoms with van der Waals surface area (Å²) >= 11 is 0. The molecule has 0 saturated carbocycles. The number of halogens is 1. The summed E-state index contributed by atoms with van der Waals surface area (Å²) in [6, 6.07) is 11.9. The average Bonchev–Trinajstić information content (AvgIpc) is 3.31. The highest BCUT2D eigenvalue weighted by molar-refractivity contribution is 14.0. The fraction of sp³-hybridized carbons (Fsp3) is 0.300. The number of pyridine rings is 1. The van der Waals surface area contributed by atoms with Gasteiger partial charge in [0.25, 0.3) is 0 Å². The van der Waals surface area contributed by atoms with Crippen molar-refractivity contribution in [2.24, 2.45) is 4.99 Å². The number of nitrogens with zero attached hydrogens (tertiary/aromatic N) is 3. The molecule has 0 saturated heterocycles. The Balaban J connectivity index is 0.00000225. The monoisotopic (exact) mass is 493 g/mol. The molecule has 148 valence electrons. The van der Waals surface area contributed by atoms with E-state index in [2.05, 4.69) is 33.7 Å². The third-order valence-corrected chi connectivity index (χ3v) is 4.29. The first kappa shape index (κ1) is 20.2. The van der Waals surface area contributed by atoms with Crippen LogP contribution in [-0.4, -0.2) is 35.2 Å². The Kier molecular flexibility index (Phi) is 6.96. The summed E-state index contributed by atoms with van der Waals surface area (Å²) in [4.78, 5) is 9.27. The van der Waals surface area contributed by atoms with Gasteiger partial charge < -0.3 is 24.5 Å². The van der Waals surface area contributed by atoms with E-state index in [1.54, 1.807) is 0 Å². The van der Waals surface area contributed by atoms with Gasteiger partial charge in [0, 0.05) is 31.9 Å². The van der Waals surface area contributed by atoms with E-state index in [4.69, 9.17) is 9.47 Å². The Morgan fingerprint density at radius 2 is 2.07 bits per heavy atom. The van der Waals surface area contributed by atoms with Gasteiger partial charge >= 0.3 is 0 Å². The number of fused-ring (bicyclic) bond motifs is 2. The molecule has 3 aromatic rings. The Bertz CT molecular complexity index is 924. The number of hydrogen-bond acceptors (Lipinski definition) is 4. The minimum Gasteiger partial charge on any atom is -0.454 e. The topological polar surface area (TPSA) is 72.2 Å². The molecule has 0 fully saturated rings. The van der Waals surface area contributed by atoms with Gasteiger partial charge in [0.15, 0.2) is 17.5 Å². The van der Waals surface area contributed by atoms with Crippen LogP contribution in [-0.2, 0) is 13.0 Å². The van der Waals surface area contributed by atoms with E-state index >= 15 is 0 Å². The highest BCUT2D eigenvalue weighted by Crippen LogP contribution is 2.32. The lowest BCUT2D eigenvalue weighted by Crippen LogP contribution is -2.38. The van der Waals surface area contributed by atoms with E-state index in [9.17, 15) is 0 Å². The van der Waals surface area contributed by atoms with Crippen LogP contribution in [0.25, 0.3) is 5.65 Å². The summed E-state index contributed by atoms with van der Waals surface area (Å²) in [7, 11) is 0. The van der Waals surface area contributed by atoms with Crippen LogP contribution in [0.3, 0.4) is 0 Å². The van der Waals surface area contributed by atoms with Crippen LogP contribution in [0.4, 0.5) is 0 Å². The van der Waals surface area contributed by atoms with Crippen LogP contribution in [0, 0.1) is 0 Å². The quantitative estimate of drug-likeness (QED) is 0.314. The lowest BCUT2D eigenvalue weighted by atomic mass is 10.2. The molecule has 1 aliphatic heterocycles. The number of hydrogen-bond donors (Lipinski definition) is 2. The van der Waals surface area contributed by atoms with E-state index in [-0.39, 0.29) is 30.8 Å². The van der Waals surface area contributed by atoms with E-state index < -0.39 is 0 Å². The second kappa shape index (κ2) is 9.63. The molecule has 0 amide bonds. The van der Waals surface area contributed by atoms with Crippen LogP contribution in [0.1, 0.15) is 18.2 Å². The number of aliphatic imine (C=N–C) groups is 1. The van der Waals surface area contributed by atoms with E-state index in [0.717, 1.165) is 53.9 Å². The van der Waals surface area contributed by atoms with Gasteiger partial charge in [0.05, 0.1) is 12.2 Å². The first-order chi connectivity index (χ1) is 13.3. The number of guanidine groups is 1. The minimum absolute atomic E-state index is 0. The first-order valence-electron chi connectivity index (χ1n) is 9.15. The zero-order valence-corrected chi connectivity index (χ0v) is 18.1. The molecule has 0 aliphatic carbocycles. The van der Waals surface area contributed by atoms with Crippen molar-refractivity contribution in [3.63, 3.8) is 0 Å². The zero-order chi connectivity index (χ0) is 18.5. The Morgan fingerprint density at radius 1 is 1.18 bits per heavy atom. The van der Waals surface area contributed by atoms with Gasteiger partial charge in [-0.3, -0.25) is 0 Å². The summed E-state index contributed by atoms with van der Waals surface area (Å²) in [5, 5.41) is 6.65. The van der Waals surface area contributed by atoms with Crippen molar-refractivity contribution < 1.29 is 9.47 Å². The molecule has 1 aromatic carbocycles. The van der Waals surface area contributed by atoms with Gasteiger partial charge in [-0.15, -0.1) is 24.0 Å². The van der Waals surface area contributed by atoms with Gasteiger partial charge in [-0.2, -0.15) is 0 Å². The molecule has 7 nitrogen and oxygen atoms in total. The number of benzene rings is 1. The van der Waals surface area contributed by atoms with Crippen molar-refractivity contribution in [3.8, 4) is 11.5 Å². The summed E-state index contributed by atoms with van der Waals surface area (Å²) in [6.07, 6.45) is 4.90. The summed E-state index contributed by atoms with van der Waals surface area (Å²) < 4.78 is 12.8. The van der Waals surface area contributed by atoms with Gasteiger partial charge in [0.2, 0.25) is 6.79 Å². The number of rotatable bonds is 6. The minimum atomic E-state index is 0. The molecule has 1 aliphatic rings. The van der Waals surface area contributed by atoms with Gasteiger partial charge in [-0.25, -0.2) is 9.98 Å². The Morgan fingerprint density at radius 3 is 2.93 bits per heavy atom. The van der Waals surface area contributed by atoms with Gasteiger partial charge in [0.1, 0.15) is 5.65 Å². The van der Waals surface area contributed by atoms with Crippen molar-refractivity contribution in [2.75, 3.05) is 19.9 Å². The molecule has 28 heavy (non-hydrogen) atoms. The lowest BCUT2D eigenvalue weighted by Gasteiger charge is -2.10. The number of ether oxygens (including phenoxy) is 2. The predicted molar refractivity (Wildman–Crippen MR) is 120 cm³/mol. The van der Waals surface area contributed by atoms with Crippen LogP contribution in [0.5, 0.6) is 11.5 Å². The number of aromatic nitrogens is 2. The van der Waals surface area contributed by atoms with Crippen molar-refractivity contribution >= 4 is 35.6 Å². The maximum Gasteiger partial charge on any atom is 0.231 e. The van der Waals surface area contributed by atoms with E-state index in [1.807, 2.05) is 47.0 Å². The molecular formula is C20H24IN5O2. The van der Waals surface area contributed by atoms with Crippen LogP contribution in [0.15, 0.2) is 53.8 Å². The third kappa shape index (κ3) is 4.86. The summed E-state index contributed by atoms with van der Waals surface area (Å²) in [5.41, 5.74) is 3.10. The van der Waals surface area contributed by atoms with Crippen LogP contribution >= 0.6 is 24.0 Å². The fourth-order valence-corrected chi connectivity index (χ4v) is 2.97. The molecule has 8 heteroatoms. The molecular weight excluding hydrogens is 469 g/mol. The molecule has 2 aromatic heterocycles. The molecule has 0 unspecified atom stereocenters. The summed E-state index contributed by atoms with van der Waals surface area (Å²) in [6.45, 7) is 4.48. The van der Waals surface area contributed by atoms with Crippen molar-refractivity contribution in [3.05, 3.63) is 60.0 Å². The standard InChI is InChI=1S/C20H23N5O2.HI/c1-2-21-20(23-12-15-6-7-17-18(11-15)27-14-26-17)22-9-8-16-13-25-10-4-3-5-19(25)24-16;/h3-7,10-11,13H,2,8-9,12,14H2,1H3,(H2,21,22,23);1H. The zero-order valence-electron chi connectivity index (χ0n) is 15.7. The SMILES string of the molecule is CCNC(=NCc1ccc2c(c1)OCO2)NCCc1cn2ccccc2n1.I. The van der Waals surface area contributed by atoms with Crippen molar-refractivity contribution in [1.29, 1.82) is 0 Å². The predicted octanol–water partition coefficient (Wildman–Crippen LogP) is 2.98. The highest BCUT2D eigenvalue weighted by Gasteiger charge is 2.13. The molecule has 0 bridgehead atoms. The van der Waals surface area contributed by atoms with Crippen LogP contribution < -0.4 is 20.1 Å². The second-order valence-corrected chi connectivity index (χ2v) is 6.26. The normalized spacial score (nSPS) is 12.7. The first-order valence-corrected chi connectivity index (χ1v) is 9.15. The molecule has 2 N–H and O–H groups in total. The van der Waals surface area contributed by atoms with Crippen molar-refractivity contribution in [2.45, 2.75) is 19.9 Å². The van der Waals surface area contributed by atoms with Crippen molar-refractivity contribution in [1.82, 2.24) is 20.0 Å². The fourth-order valence-electron chi connectivity index (χ4n) is 2.97. The largest absolute Gasteiger partial charge is 0.454 e. The lowest BCUT2D eigenvalue weighted by molar-refractivity contribution is 0.174. The average molecular weight is 493 g/mol. The summed E-state index contributed by atoms with van der Waals surface area (Å²) in [5.74, 6) is 2.37. The van der Waals surface area contributed by atoms with Gasteiger partial charge in [-0.1, -0.05) is 12.1 Å². The highest BCUT2D eigenvalue weighted by atomic mass is 127. The maximum atomic E-state index is 5.42. The molecule has 3 heterocycles. The number of nitrogens with one attached hydrogen (secondary N) is 2. The smallest absolute Gasteiger partial charge is 0.231 e. The molecule has 0 radical (unpaired) electrons. The van der Waals surface area contributed by atoms with Crippen LogP contribution in [0.2, 0.25) is 0 Å². The maximum absolute atomic E-state index is 5.42. The Labute approximate surface area is 181 Å². The second-order valence-electron chi connectivity index (χ2n) is 6.26. The molecule has 0 spiro atoms. The molecule has 0 atom stereocenters. The van der Waals surface area contributed by atoms with Gasteiger partial charge in [-0.05, 0) is 36.8 Å². The number of imidazole rings is 1. The third-order valence-electron chi connectivity index (χ3n) is 4.29. The van der Waals surface area contributed by atoms with E-state index in [0.29, 0.717) is 6.54 Å². The van der Waals surface area contributed by atoms with E-state index in [1.165, 1.54) is 0 Å². The molecule has 4 rings (SSSR count). The Hall–Kier alpha value is -2.49.